The van der Waals surface area contributed by atoms with E-state index in [9.17, 15) is 9.59 Å². The summed E-state index contributed by atoms with van der Waals surface area (Å²) in [6, 6.07) is 11.1. The molecule has 0 bridgehead atoms. The van der Waals surface area contributed by atoms with Gasteiger partial charge in [-0.05, 0) is 48.2 Å². The molecule has 2 aliphatic rings. The number of hydrogen-bond acceptors (Lipinski definition) is 4. The Balaban J connectivity index is 1.37. The van der Waals surface area contributed by atoms with Crippen molar-refractivity contribution in [3.8, 4) is 0 Å². The minimum absolute atomic E-state index is 0.0989. The molecule has 134 valence electrons. The lowest BCUT2D eigenvalue weighted by atomic mass is 10.0. The molecular formula is C19H17ClN2O4. The van der Waals surface area contributed by atoms with Gasteiger partial charge in [0.25, 0.3) is 5.91 Å². The monoisotopic (exact) mass is 372 g/mol. The molecule has 4 rings (SSSR count). The average molecular weight is 373 g/mol. The Morgan fingerprint density at radius 3 is 2.81 bits per heavy atom. The van der Waals surface area contributed by atoms with Gasteiger partial charge in [-0.2, -0.15) is 9.78 Å². The molecule has 2 aliphatic heterocycles. The van der Waals surface area contributed by atoms with Gasteiger partial charge in [0.2, 0.25) is 5.91 Å². The SMILES string of the molecule is Cc1ccc(NC(=O)CCc2ccc3c(c2)C(=O)N(C2OO2)C3)cc1Cl. The first-order valence-corrected chi connectivity index (χ1v) is 8.70. The first kappa shape index (κ1) is 17.0. The molecule has 0 unspecified atom stereocenters. The van der Waals surface area contributed by atoms with E-state index >= 15 is 0 Å². The lowest BCUT2D eigenvalue weighted by Gasteiger charge is -2.08. The van der Waals surface area contributed by atoms with Gasteiger partial charge >= 0.3 is 6.41 Å². The fourth-order valence-electron chi connectivity index (χ4n) is 2.98. The number of rotatable bonds is 5. The summed E-state index contributed by atoms with van der Waals surface area (Å²) >= 11 is 6.07. The number of benzene rings is 2. The molecule has 1 N–H and O–H groups in total. The highest BCUT2D eigenvalue weighted by Gasteiger charge is 2.42. The third kappa shape index (κ3) is 3.44. The third-order valence-electron chi connectivity index (χ3n) is 4.54. The molecule has 2 aromatic rings. The maximum atomic E-state index is 12.3. The van der Waals surface area contributed by atoms with Gasteiger partial charge in [-0.25, -0.2) is 0 Å². The van der Waals surface area contributed by atoms with Gasteiger partial charge < -0.3 is 5.32 Å². The molecule has 0 aliphatic carbocycles. The van der Waals surface area contributed by atoms with Crippen LogP contribution in [-0.2, 0) is 27.5 Å². The summed E-state index contributed by atoms with van der Waals surface area (Å²) in [4.78, 5) is 35.5. The molecule has 1 fully saturated rings. The highest BCUT2D eigenvalue weighted by atomic mass is 35.5. The maximum Gasteiger partial charge on any atom is 0.302 e. The van der Waals surface area contributed by atoms with Crippen molar-refractivity contribution in [3.63, 3.8) is 0 Å². The quantitative estimate of drug-likeness (QED) is 0.644. The Labute approximate surface area is 155 Å². The van der Waals surface area contributed by atoms with Crippen LogP contribution in [0.1, 0.15) is 33.5 Å². The Bertz CT molecular complexity index is 895. The fourth-order valence-corrected chi connectivity index (χ4v) is 3.16. The Morgan fingerprint density at radius 2 is 2.08 bits per heavy atom. The maximum absolute atomic E-state index is 12.3. The smallest absolute Gasteiger partial charge is 0.302 e. The summed E-state index contributed by atoms with van der Waals surface area (Å²) in [5, 5.41) is 3.46. The number of anilines is 1. The van der Waals surface area contributed by atoms with E-state index in [0.29, 0.717) is 35.7 Å². The van der Waals surface area contributed by atoms with Crippen LogP contribution in [0.4, 0.5) is 5.69 Å². The van der Waals surface area contributed by atoms with Crippen molar-refractivity contribution in [2.75, 3.05) is 5.32 Å². The Morgan fingerprint density at radius 1 is 1.27 bits per heavy atom. The van der Waals surface area contributed by atoms with Crippen molar-refractivity contribution in [1.82, 2.24) is 4.90 Å². The number of nitrogens with one attached hydrogen (secondary N) is 1. The molecule has 1 saturated heterocycles. The van der Waals surface area contributed by atoms with E-state index in [1.807, 2.05) is 37.3 Å². The van der Waals surface area contributed by atoms with Crippen LogP contribution in [0.3, 0.4) is 0 Å². The second-order valence-electron chi connectivity index (χ2n) is 6.44. The van der Waals surface area contributed by atoms with Gasteiger partial charge in [0.05, 0.1) is 6.54 Å². The predicted octanol–water partition coefficient (Wildman–Crippen LogP) is 3.42. The van der Waals surface area contributed by atoms with E-state index in [0.717, 1.165) is 16.7 Å². The van der Waals surface area contributed by atoms with Crippen molar-refractivity contribution >= 4 is 29.1 Å². The van der Waals surface area contributed by atoms with Gasteiger partial charge in [-0.15, -0.1) is 0 Å². The van der Waals surface area contributed by atoms with E-state index in [-0.39, 0.29) is 11.8 Å². The van der Waals surface area contributed by atoms with Gasteiger partial charge in [-0.3, -0.25) is 14.5 Å². The summed E-state index contributed by atoms with van der Waals surface area (Å²) < 4.78 is 0. The van der Waals surface area contributed by atoms with Gasteiger partial charge in [0.15, 0.2) is 0 Å². The summed E-state index contributed by atoms with van der Waals surface area (Å²) in [5.74, 6) is -0.207. The van der Waals surface area contributed by atoms with Crippen LogP contribution in [-0.4, -0.2) is 23.1 Å². The molecule has 2 heterocycles. The Kier molecular flexibility index (Phi) is 4.40. The zero-order chi connectivity index (χ0) is 18.3. The zero-order valence-electron chi connectivity index (χ0n) is 14.1. The van der Waals surface area contributed by atoms with Crippen LogP contribution in [0.25, 0.3) is 0 Å². The summed E-state index contributed by atoms with van der Waals surface area (Å²) in [7, 11) is 0. The largest absolute Gasteiger partial charge is 0.326 e. The number of nitrogens with zero attached hydrogens (tertiary/aromatic N) is 1. The molecule has 2 amide bonds. The van der Waals surface area contributed by atoms with Crippen molar-refractivity contribution in [2.45, 2.75) is 32.7 Å². The number of fused-ring (bicyclic) bond motifs is 1. The van der Waals surface area contributed by atoms with E-state index < -0.39 is 6.41 Å². The van der Waals surface area contributed by atoms with Crippen LogP contribution in [0, 0.1) is 6.92 Å². The summed E-state index contributed by atoms with van der Waals surface area (Å²) in [5.41, 5.74) is 4.16. The molecule has 6 nitrogen and oxygen atoms in total. The fraction of sp³-hybridized carbons (Fsp3) is 0.263. The number of halogens is 1. The highest BCUT2D eigenvalue weighted by Crippen LogP contribution is 2.31. The van der Waals surface area contributed by atoms with Gasteiger partial charge in [-0.1, -0.05) is 29.8 Å². The Hall–Kier alpha value is -2.41. The molecule has 2 aromatic carbocycles. The van der Waals surface area contributed by atoms with Crippen molar-refractivity contribution in [1.29, 1.82) is 0 Å². The minimum atomic E-state index is -0.564. The molecule has 7 heteroatoms. The average Bonchev–Trinajstić information content (AvgIpc) is 3.41. The topological polar surface area (TPSA) is 74.5 Å². The second-order valence-corrected chi connectivity index (χ2v) is 6.84. The molecule has 0 atom stereocenters. The molecule has 26 heavy (non-hydrogen) atoms. The number of hydrogen-bond donors (Lipinski definition) is 1. The lowest BCUT2D eigenvalue weighted by Crippen LogP contribution is -2.26. The first-order chi connectivity index (χ1) is 12.5. The molecule has 0 aromatic heterocycles. The number of aryl methyl sites for hydroxylation is 2. The van der Waals surface area contributed by atoms with Gasteiger partial charge in [0.1, 0.15) is 0 Å². The van der Waals surface area contributed by atoms with Crippen LogP contribution < -0.4 is 5.32 Å². The summed E-state index contributed by atoms with van der Waals surface area (Å²) in [6.45, 7) is 2.39. The first-order valence-electron chi connectivity index (χ1n) is 8.32. The second kappa shape index (κ2) is 6.72. The predicted molar refractivity (Wildman–Crippen MR) is 95.4 cm³/mol. The van der Waals surface area contributed by atoms with E-state index in [2.05, 4.69) is 5.32 Å². The molecule has 0 saturated carbocycles. The number of carbonyl (C=O) groups excluding carboxylic acids is 2. The number of amides is 2. The van der Waals surface area contributed by atoms with Crippen LogP contribution in [0.5, 0.6) is 0 Å². The third-order valence-corrected chi connectivity index (χ3v) is 4.95. The molecule has 0 radical (unpaired) electrons. The van der Waals surface area contributed by atoms with Crippen molar-refractivity contribution < 1.29 is 19.4 Å². The normalized spacial score (nSPS) is 15.9. The number of carbonyl (C=O) groups is 2. The van der Waals surface area contributed by atoms with Crippen molar-refractivity contribution in [2.24, 2.45) is 0 Å². The molecular weight excluding hydrogens is 356 g/mol. The van der Waals surface area contributed by atoms with Crippen LogP contribution in [0.2, 0.25) is 5.02 Å². The van der Waals surface area contributed by atoms with E-state index in [1.54, 1.807) is 6.07 Å². The standard InChI is InChI=1S/C19H17ClN2O4/c1-11-2-6-14(9-16(11)20)21-17(23)7-4-12-3-5-13-10-22(19-25-26-19)18(24)15(13)8-12/h2-3,5-6,8-9,19H,4,7,10H2,1H3,(H,21,23). The molecule has 0 spiro atoms. The van der Waals surface area contributed by atoms with E-state index in [1.165, 1.54) is 4.90 Å². The highest BCUT2D eigenvalue weighted by molar-refractivity contribution is 6.31. The van der Waals surface area contributed by atoms with E-state index in [4.69, 9.17) is 21.4 Å². The van der Waals surface area contributed by atoms with Crippen LogP contribution >= 0.6 is 11.6 Å². The van der Waals surface area contributed by atoms with Crippen LogP contribution in [0.15, 0.2) is 36.4 Å². The van der Waals surface area contributed by atoms with Gasteiger partial charge in [0, 0.05) is 22.7 Å². The minimum Gasteiger partial charge on any atom is -0.326 e. The summed E-state index contributed by atoms with van der Waals surface area (Å²) in [6.07, 6.45) is 0.296. The zero-order valence-corrected chi connectivity index (χ0v) is 14.9. The van der Waals surface area contributed by atoms with Crippen molar-refractivity contribution in [3.05, 3.63) is 63.7 Å². The lowest BCUT2D eigenvalue weighted by molar-refractivity contribution is -0.116.